The summed E-state index contributed by atoms with van der Waals surface area (Å²) < 4.78 is 2.29. The first-order chi connectivity index (χ1) is 14.3. The summed E-state index contributed by atoms with van der Waals surface area (Å²) in [5, 5.41) is 12.4. The third kappa shape index (κ3) is 3.94. The molecule has 7 nitrogen and oxygen atoms in total. The van der Waals surface area contributed by atoms with Crippen LogP contribution in [0, 0.1) is 0 Å². The molecule has 0 bridgehead atoms. The molecule has 1 unspecified atom stereocenters. The number of hydrogen-bond acceptors (Lipinski definition) is 5. The average Bonchev–Trinajstić information content (AvgIpc) is 3.02. The Labute approximate surface area is 172 Å². The number of nitrogens with zero attached hydrogens (tertiary/aromatic N) is 5. The van der Waals surface area contributed by atoms with Crippen LogP contribution in [-0.2, 0) is 30.7 Å². The number of amides is 1. The van der Waals surface area contributed by atoms with Gasteiger partial charge in [0, 0.05) is 58.2 Å². The molecule has 0 saturated carbocycles. The Hall–Kier alpha value is -2.25. The summed E-state index contributed by atoms with van der Waals surface area (Å²) in [5.41, 5.74) is 2.79. The lowest BCUT2D eigenvalue weighted by Gasteiger charge is -2.35. The van der Waals surface area contributed by atoms with Gasteiger partial charge in [0.2, 0.25) is 5.91 Å². The monoisotopic (exact) mass is 394 g/mol. The molecule has 29 heavy (non-hydrogen) atoms. The van der Waals surface area contributed by atoms with Crippen LogP contribution in [0.25, 0.3) is 0 Å². The van der Waals surface area contributed by atoms with Crippen LogP contribution >= 0.6 is 0 Å². The van der Waals surface area contributed by atoms with Crippen LogP contribution in [0.5, 0.6) is 0 Å². The van der Waals surface area contributed by atoms with Gasteiger partial charge in [0.25, 0.3) is 0 Å². The zero-order chi connectivity index (χ0) is 19.6. The van der Waals surface area contributed by atoms with Crippen LogP contribution < -0.4 is 5.32 Å². The zero-order valence-electron chi connectivity index (χ0n) is 17.0. The van der Waals surface area contributed by atoms with Crippen LogP contribution in [0.15, 0.2) is 24.3 Å². The Kier molecular flexibility index (Phi) is 5.33. The quantitative estimate of drug-likeness (QED) is 0.847. The number of nitrogens with one attached hydrogen (secondary N) is 1. The van der Waals surface area contributed by atoms with Crippen molar-refractivity contribution in [3.8, 4) is 0 Å². The van der Waals surface area contributed by atoms with Crippen molar-refractivity contribution in [2.24, 2.45) is 0 Å². The predicted octanol–water partition coefficient (Wildman–Crippen LogP) is 1.19. The molecule has 1 amide bonds. The number of aromatic nitrogens is 3. The van der Waals surface area contributed by atoms with E-state index < -0.39 is 0 Å². The molecular weight excluding hydrogens is 364 g/mol. The minimum absolute atomic E-state index is 0.256. The van der Waals surface area contributed by atoms with Crippen molar-refractivity contribution < 1.29 is 4.79 Å². The summed E-state index contributed by atoms with van der Waals surface area (Å²) in [5.74, 6) is 2.72. The van der Waals surface area contributed by atoms with Gasteiger partial charge in [0.05, 0.1) is 6.54 Å². The Morgan fingerprint density at radius 3 is 2.90 bits per heavy atom. The SMILES string of the molecule is O=C(CN1CCc2ccccc2C1)N1CCCC(c2nnc3n2CCNCC3)C1. The number of fused-ring (bicyclic) bond motifs is 2. The number of rotatable bonds is 3. The number of piperidine rings is 1. The van der Waals surface area contributed by atoms with Gasteiger partial charge in [0.15, 0.2) is 0 Å². The first kappa shape index (κ1) is 18.8. The van der Waals surface area contributed by atoms with Gasteiger partial charge in [-0.15, -0.1) is 10.2 Å². The maximum absolute atomic E-state index is 13.1. The Balaban J connectivity index is 1.23. The number of carbonyl (C=O) groups is 1. The molecular formula is C22H30N6O. The van der Waals surface area contributed by atoms with E-state index in [1.165, 1.54) is 11.1 Å². The fourth-order valence-corrected chi connectivity index (χ4v) is 4.99. The molecule has 0 spiro atoms. The molecule has 4 heterocycles. The standard InChI is InChI=1S/C22H30N6O/c29-21(16-26-12-8-17-4-1-2-5-18(17)14-26)27-11-3-6-19(15-27)22-25-24-20-7-9-23-10-13-28(20)22/h1-2,4-5,19,23H,3,6-16H2. The van der Waals surface area contributed by atoms with Crippen LogP contribution in [0.3, 0.4) is 0 Å². The zero-order valence-corrected chi connectivity index (χ0v) is 17.0. The smallest absolute Gasteiger partial charge is 0.236 e. The molecule has 7 heteroatoms. The van der Waals surface area contributed by atoms with Gasteiger partial charge in [-0.05, 0) is 30.4 Å². The molecule has 0 radical (unpaired) electrons. The van der Waals surface area contributed by atoms with Crippen molar-refractivity contribution in [1.82, 2.24) is 29.9 Å². The maximum Gasteiger partial charge on any atom is 0.236 e. The highest BCUT2D eigenvalue weighted by Gasteiger charge is 2.30. The van der Waals surface area contributed by atoms with Gasteiger partial charge < -0.3 is 14.8 Å². The third-order valence-electron chi connectivity index (χ3n) is 6.60. The molecule has 1 fully saturated rings. The number of likely N-dealkylation sites (tertiary alicyclic amines) is 1. The van der Waals surface area contributed by atoms with E-state index in [0.29, 0.717) is 12.5 Å². The molecule has 0 aliphatic carbocycles. The highest BCUT2D eigenvalue weighted by Crippen LogP contribution is 2.27. The molecule has 1 N–H and O–H groups in total. The summed E-state index contributed by atoms with van der Waals surface area (Å²) in [6.45, 7) is 6.85. The van der Waals surface area contributed by atoms with Crippen molar-refractivity contribution in [3.63, 3.8) is 0 Å². The number of hydrogen-bond donors (Lipinski definition) is 1. The van der Waals surface area contributed by atoms with Crippen LogP contribution in [0.1, 0.15) is 41.5 Å². The second kappa shape index (κ2) is 8.24. The van der Waals surface area contributed by atoms with Crippen molar-refractivity contribution in [2.45, 2.75) is 44.7 Å². The highest BCUT2D eigenvalue weighted by molar-refractivity contribution is 5.78. The Morgan fingerprint density at radius 1 is 1.07 bits per heavy atom. The van der Waals surface area contributed by atoms with Crippen LogP contribution in [0.2, 0.25) is 0 Å². The lowest BCUT2D eigenvalue weighted by atomic mass is 9.96. The van der Waals surface area contributed by atoms with Crippen LogP contribution in [0.4, 0.5) is 0 Å². The van der Waals surface area contributed by atoms with Crippen molar-refractivity contribution in [1.29, 1.82) is 0 Å². The van der Waals surface area contributed by atoms with E-state index in [9.17, 15) is 4.79 Å². The molecule has 1 aromatic heterocycles. The molecule has 1 atom stereocenters. The van der Waals surface area contributed by atoms with E-state index in [-0.39, 0.29) is 5.91 Å². The second-order valence-electron chi connectivity index (χ2n) is 8.53. The van der Waals surface area contributed by atoms with E-state index in [0.717, 1.165) is 83.1 Å². The normalized spacial score (nSPS) is 22.6. The largest absolute Gasteiger partial charge is 0.341 e. The van der Waals surface area contributed by atoms with E-state index in [1.54, 1.807) is 0 Å². The molecule has 1 aromatic carbocycles. The molecule has 154 valence electrons. The summed E-state index contributed by atoms with van der Waals surface area (Å²) >= 11 is 0. The molecule has 3 aliphatic rings. The van der Waals surface area contributed by atoms with Gasteiger partial charge in [-0.3, -0.25) is 9.69 Å². The van der Waals surface area contributed by atoms with Gasteiger partial charge in [-0.2, -0.15) is 0 Å². The lowest BCUT2D eigenvalue weighted by molar-refractivity contribution is -0.133. The fourth-order valence-electron chi connectivity index (χ4n) is 4.99. The first-order valence-corrected chi connectivity index (χ1v) is 11.0. The van der Waals surface area contributed by atoms with E-state index >= 15 is 0 Å². The minimum Gasteiger partial charge on any atom is -0.341 e. The second-order valence-corrected chi connectivity index (χ2v) is 8.53. The summed E-state index contributed by atoms with van der Waals surface area (Å²) in [4.78, 5) is 17.4. The van der Waals surface area contributed by atoms with Gasteiger partial charge in [-0.25, -0.2) is 0 Å². The molecule has 2 aromatic rings. The van der Waals surface area contributed by atoms with E-state index in [1.807, 2.05) is 0 Å². The predicted molar refractivity (Wildman–Crippen MR) is 111 cm³/mol. The third-order valence-corrected chi connectivity index (χ3v) is 6.60. The Morgan fingerprint density at radius 2 is 1.97 bits per heavy atom. The molecule has 3 aliphatic heterocycles. The first-order valence-electron chi connectivity index (χ1n) is 11.0. The van der Waals surface area contributed by atoms with E-state index in [2.05, 4.69) is 54.1 Å². The number of carbonyl (C=O) groups excluding carboxylic acids is 1. The van der Waals surface area contributed by atoms with Crippen molar-refractivity contribution in [3.05, 3.63) is 47.0 Å². The van der Waals surface area contributed by atoms with E-state index in [4.69, 9.17) is 0 Å². The number of benzene rings is 1. The summed E-state index contributed by atoms with van der Waals surface area (Å²) in [6.07, 6.45) is 4.09. The maximum atomic E-state index is 13.1. The fraction of sp³-hybridized carbons (Fsp3) is 0.591. The molecule has 1 saturated heterocycles. The summed E-state index contributed by atoms with van der Waals surface area (Å²) in [6, 6.07) is 8.60. The Bertz CT molecular complexity index is 878. The highest BCUT2D eigenvalue weighted by atomic mass is 16.2. The van der Waals surface area contributed by atoms with Crippen LogP contribution in [-0.4, -0.2) is 69.7 Å². The molecule has 5 rings (SSSR count). The van der Waals surface area contributed by atoms with Crippen molar-refractivity contribution >= 4 is 5.91 Å². The average molecular weight is 395 g/mol. The van der Waals surface area contributed by atoms with Crippen molar-refractivity contribution in [2.75, 3.05) is 39.3 Å². The van der Waals surface area contributed by atoms with Gasteiger partial charge >= 0.3 is 0 Å². The topological polar surface area (TPSA) is 66.3 Å². The van der Waals surface area contributed by atoms with Gasteiger partial charge in [-0.1, -0.05) is 24.3 Å². The van der Waals surface area contributed by atoms with Gasteiger partial charge in [0.1, 0.15) is 11.6 Å². The summed E-state index contributed by atoms with van der Waals surface area (Å²) in [7, 11) is 0. The lowest BCUT2D eigenvalue weighted by Crippen LogP contribution is -2.46. The minimum atomic E-state index is 0.256.